The monoisotopic (exact) mass is 315 g/mol. The van der Waals surface area contributed by atoms with Crippen molar-refractivity contribution in [2.75, 3.05) is 38.2 Å². The van der Waals surface area contributed by atoms with E-state index < -0.39 is 0 Å². The van der Waals surface area contributed by atoms with E-state index >= 15 is 0 Å². The number of nitrogens with one attached hydrogen (secondary N) is 1. The normalized spacial score (nSPS) is 16.9. The molecule has 1 amide bonds. The lowest BCUT2D eigenvalue weighted by Gasteiger charge is -2.28. The number of amides is 1. The maximum atomic E-state index is 12.3. The highest BCUT2D eigenvalue weighted by molar-refractivity contribution is 5.91. The molecule has 0 spiro atoms. The highest BCUT2D eigenvalue weighted by Crippen LogP contribution is 2.21. The largest absolute Gasteiger partial charge is 0.379 e. The zero-order valence-corrected chi connectivity index (χ0v) is 13.2. The van der Waals surface area contributed by atoms with Crippen LogP contribution < -0.4 is 5.32 Å². The van der Waals surface area contributed by atoms with Gasteiger partial charge in [-0.05, 0) is 0 Å². The van der Waals surface area contributed by atoms with Crippen LogP contribution in [0.5, 0.6) is 0 Å². The van der Waals surface area contributed by atoms with Gasteiger partial charge in [-0.1, -0.05) is 42.4 Å². The van der Waals surface area contributed by atoms with Crippen LogP contribution in [0.2, 0.25) is 0 Å². The first-order valence-corrected chi connectivity index (χ1v) is 7.85. The SMILES string of the molecule is C[C@H](CN1CCOCC1)C(=O)Nc1cc(-c2ccccc2)no1. The van der Waals surface area contributed by atoms with Crippen molar-refractivity contribution in [1.29, 1.82) is 0 Å². The summed E-state index contributed by atoms with van der Waals surface area (Å²) in [6, 6.07) is 11.5. The Morgan fingerprint density at radius 3 is 2.78 bits per heavy atom. The maximum absolute atomic E-state index is 12.3. The molecule has 6 nitrogen and oxygen atoms in total. The smallest absolute Gasteiger partial charge is 0.231 e. The molecule has 0 aliphatic carbocycles. The fourth-order valence-electron chi connectivity index (χ4n) is 2.58. The number of carbonyl (C=O) groups excluding carboxylic acids is 1. The number of hydrogen-bond acceptors (Lipinski definition) is 5. The van der Waals surface area contributed by atoms with Crippen LogP contribution >= 0.6 is 0 Å². The molecule has 0 bridgehead atoms. The van der Waals surface area contributed by atoms with E-state index in [2.05, 4.69) is 15.4 Å². The summed E-state index contributed by atoms with van der Waals surface area (Å²) in [5, 5.41) is 6.79. The van der Waals surface area contributed by atoms with Gasteiger partial charge in [0.05, 0.1) is 13.2 Å². The molecular weight excluding hydrogens is 294 g/mol. The summed E-state index contributed by atoms with van der Waals surface area (Å²) >= 11 is 0. The molecular formula is C17H21N3O3. The van der Waals surface area contributed by atoms with E-state index in [1.54, 1.807) is 6.07 Å². The number of morpholine rings is 1. The molecule has 1 aliphatic rings. The van der Waals surface area contributed by atoms with Gasteiger partial charge in [0.1, 0.15) is 5.69 Å². The van der Waals surface area contributed by atoms with Gasteiger partial charge in [-0.2, -0.15) is 0 Å². The van der Waals surface area contributed by atoms with Gasteiger partial charge in [0.2, 0.25) is 11.8 Å². The molecule has 1 N–H and O–H groups in total. The standard InChI is InChI=1S/C17H21N3O3/c1-13(12-20-7-9-22-10-8-20)17(21)18-16-11-15(19-23-16)14-5-3-2-4-6-14/h2-6,11,13H,7-10,12H2,1H3,(H,18,21)/t13-/m1/s1. The van der Waals surface area contributed by atoms with Crippen molar-refractivity contribution in [3.63, 3.8) is 0 Å². The fourth-order valence-corrected chi connectivity index (χ4v) is 2.58. The van der Waals surface area contributed by atoms with E-state index in [1.807, 2.05) is 37.3 Å². The molecule has 1 aliphatic heterocycles. The molecule has 3 rings (SSSR count). The number of rotatable bonds is 5. The van der Waals surface area contributed by atoms with E-state index in [4.69, 9.17) is 9.26 Å². The van der Waals surface area contributed by atoms with Crippen LogP contribution in [-0.2, 0) is 9.53 Å². The van der Waals surface area contributed by atoms with Crippen LogP contribution in [0.3, 0.4) is 0 Å². The zero-order valence-electron chi connectivity index (χ0n) is 13.2. The van der Waals surface area contributed by atoms with Crippen molar-refractivity contribution in [2.24, 2.45) is 5.92 Å². The molecule has 1 saturated heterocycles. The van der Waals surface area contributed by atoms with Crippen LogP contribution in [0.15, 0.2) is 40.9 Å². The van der Waals surface area contributed by atoms with Gasteiger partial charge in [0.15, 0.2) is 0 Å². The number of benzene rings is 1. The lowest BCUT2D eigenvalue weighted by Crippen LogP contribution is -2.41. The maximum Gasteiger partial charge on any atom is 0.231 e. The topological polar surface area (TPSA) is 67.6 Å². The van der Waals surface area contributed by atoms with Gasteiger partial charge in [-0.25, -0.2) is 0 Å². The molecule has 2 heterocycles. The van der Waals surface area contributed by atoms with Crippen molar-refractivity contribution in [3.8, 4) is 11.3 Å². The van der Waals surface area contributed by atoms with E-state index in [0.29, 0.717) is 11.6 Å². The lowest BCUT2D eigenvalue weighted by atomic mass is 10.1. The van der Waals surface area contributed by atoms with Gasteiger partial charge < -0.3 is 9.26 Å². The molecule has 1 aromatic carbocycles. The van der Waals surface area contributed by atoms with Crippen molar-refractivity contribution in [3.05, 3.63) is 36.4 Å². The highest BCUT2D eigenvalue weighted by Gasteiger charge is 2.20. The molecule has 122 valence electrons. The second-order valence-electron chi connectivity index (χ2n) is 5.75. The number of ether oxygens (including phenoxy) is 1. The Balaban J connectivity index is 1.56. The number of carbonyl (C=O) groups is 1. The Morgan fingerprint density at radius 1 is 1.30 bits per heavy atom. The summed E-state index contributed by atoms with van der Waals surface area (Å²) in [5.41, 5.74) is 1.67. The average molecular weight is 315 g/mol. The van der Waals surface area contributed by atoms with Gasteiger partial charge in [0, 0.05) is 37.2 Å². The summed E-state index contributed by atoms with van der Waals surface area (Å²) in [4.78, 5) is 14.5. The first kappa shape index (κ1) is 15.7. The van der Waals surface area contributed by atoms with Gasteiger partial charge in [0.25, 0.3) is 0 Å². The Kier molecular flexibility index (Phi) is 5.05. The highest BCUT2D eigenvalue weighted by atomic mass is 16.5. The third-order valence-electron chi connectivity index (χ3n) is 3.91. The number of aromatic nitrogens is 1. The number of anilines is 1. The summed E-state index contributed by atoms with van der Waals surface area (Å²) in [6.07, 6.45) is 0. The third kappa shape index (κ3) is 4.18. The number of hydrogen-bond donors (Lipinski definition) is 1. The van der Waals surface area contributed by atoms with Crippen molar-refractivity contribution >= 4 is 11.8 Å². The summed E-state index contributed by atoms with van der Waals surface area (Å²) in [7, 11) is 0. The average Bonchev–Trinajstić information content (AvgIpc) is 3.05. The van der Waals surface area contributed by atoms with Crippen molar-refractivity contribution in [1.82, 2.24) is 10.1 Å². The van der Waals surface area contributed by atoms with Crippen molar-refractivity contribution < 1.29 is 14.1 Å². The molecule has 1 atom stereocenters. The third-order valence-corrected chi connectivity index (χ3v) is 3.91. The minimum absolute atomic E-state index is 0.0627. The van der Waals surface area contributed by atoms with Gasteiger partial charge in [-0.3, -0.25) is 15.0 Å². The van der Waals surface area contributed by atoms with Crippen LogP contribution in [-0.4, -0.2) is 48.8 Å². The zero-order chi connectivity index (χ0) is 16.1. The Hall–Kier alpha value is -2.18. The quantitative estimate of drug-likeness (QED) is 0.916. The molecule has 2 aromatic rings. The lowest BCUT2D eigenvalue weighted by molar-refractivity contribution is -0.120. The number of nitrogens with zero attached hydrogens (tertiary/aromatic N) is 2. The van der Waals surface area contributed by atoms with E-state index in [9.17, 15) is 4.79 Å². The first-order valence-electron chi connectivity index (χ1n) is 7.85. The Labute approximate surface area is 135 Å². The minimum Gasteiger partial charge on any atom is -0.379 e. The van der Waals surface area contributed by atoms with E-state index in [1.165, 1.54) is 0 Å². The molecule has 6 heteroatoms. The van der Waals surface area contributed by atoms with Crippen LogP contribution in [0.25, 0.3) is 11.3 Å². The Bertz CT molecular complexity index is 636. The van der Waals surface area contributed by atoms with E-state index in [-0.39, 0.29) is 11.8 Å². The molecule has 0 saturated carbocycles. The predicted molar refractivity (Wildman–Crippen MR) is 87.0 cm³/mol. The summed E-state index contributed by atoms with van der Waals surface area (Å²) < 4.78 is 10.5. The van der Waals surface area contributed by atoms with Gasteiger partial charge in [-0.15, -0.1) is 0 Å². The second-order valence-corrected chi connectivity index (χ2v) is 5.75. The molecule has 0 radical (unpaired) electrons. The van der Waals surface area contributed by atoms with Crippen molar-refractivity contribution in [2.45, 2.75) is 6.92 Å². The molecule has 23 heavy (non-hydrogen) atoms. The summed E-state index contributed by atoms with van der Waals surface area (Å²) in [6.45, 7) is 5.85. The van der Waals surface area contributed by atoms with Crippen LogP contribution in [0.1, 0.15) is 6.92 Å². The Morgan fingerprint density at radius 2 is 2.04 bits per heavy atom. The van der Waals surface area contributed by atoms with Crippen LogP contribution in [0.4, 0.5) is 5.88 Å². The van der Waals surface area contributed by atoms with Gasteiger partial charge >= 0.3 is 0 Å². The molecule has 0 unspecified atom stereocenters. The minimum atomic E-state index is -0.127. The fraction of sp³-hybridized carbons (Fsp3) is 0.412. The molecule has 1 fully saturated rings. The second kappa shape index (κ2) is 7.39. The summed E-state index contributed by atoms with van der Waals surface area (Å²) in [5.74, 6) is 0.188. The predicted octanol–water partition coefficient (Wildman–Crippen LogP) is 2.25. The van der Waals surface area contributed by atoms with Crippen LogP contribution in [0, 0.1) is 5.92 Å². The van der Waals surface area contributed by atoms with E-state index in [0.717, 1.165) is 38.4 Å². The first-order chi connectivity index (χ1) is 11.2. The molecule has 1 aromatic heterocycles.